The lowest BCUT2D eigenvalue weighted by Gasteiger charge is -2.28. The topological polar surface area (TPSA) is 66.5 Å². The summed E-state index contributed by atoms with van der Waals surface area (Å²) >= 11 is 7.04. The molecule has 1 amide bonds. The molecule has 3 rings (SSSR count). The molecule has 0 aromatic carbocycles. The average molecular weight is 349 g/mol. The lowest BCUT2D eigenvalue weighted by molar-refractivity contribution is 0.0923. The molecule has 2 aliphatic rings. The van der Waals surface area contributed by atoms with Gasteiger partial charge in [0.05, 0.1) is 26.8 Å². The van der Waals surface area contributed by atoms with Crippen LogP contribution in [0.25, 0.3) is 0 Å². The smallest absolute Gasteiger partial charge is 0.261 e. The second kappa shape index (κ2) is 5.87. The number of likely N-dealkylation sites (tertiary alicyclic amines) is 1. The zero-order valence-electron chi connectivity index (χ0n) is 11.4. The molecule has 116 valence electrons. The Hall–Kier alpha value is -0.630. The van der Waals surface area contributed by atoms with Crippen molar-refractivity contribution in [2.24, 2.45) is 0 Å². The summed E-state index contributed by atoms with van der Waals surface area (Å²) in [6, 6.07) is 2.90. The molecule has 8 heteroatoms. The van der Waals surface area contributed by atoms with Crippen LogP contribution in [0.5, 0.6) is 0 Å². The first-order chi connectivity index (χ1) is 9.94. The maximum Gasteiger partial charge on any atom is 0.261 e. The van der Waals surface area contributed by atoms with Crippen LogP contribution >= 0.6 is 22.9 Å². The van der Waals surface area contributed by atoms with Gasteiger partial charge in [-0.05, 0) is 38.1 Å². The summed E-state index contributed by atoms with van der Waals surface area (Å²) in [6.07, 6.45) is 2.19. The van der Waals surface area contributed by atoms with Crippen LogP contribution < -0.4 is 5.32 Å². The average Bonchev–Trinajstić information content (AvgIpc) is 3.09. The summed E-state index contributed by atoms with van der Waals surface area (Å²) in [5, 5.41) is 2.88. The van der Waals surface area contributed by atoms with Gasteiger partial charge in [-0.15, -0.1) is 11.3 Å². The molecule has 2 fully saturated rings. The first-order valence-corrected chi connectivity index (χ1v) is 9.97. The van der Waals surface area contributed by atoms with E-state index < -0.39 is 9.84 Å². The van der Waals surface area contributed by atoms with Crippen molar-refractivity contribution in [3.05, 3.63) is 21.3 Å². The van der Waals surface area contributed by atoms with Crippen LogP contribution in [0.2, 0.25) is 4.34 Å². The highest BCUT2D eigenvalue weighted by atomic mass is 35.5. The number of rotatable bonds is 3. The summed E-state index contributed by atoms with van der Waals surface area (Å²) in [4.78, 5) is 14.9. The number of amides is 1. The zero-order chi connectivity index (χ0) is 15.0. The fraction of sp³-hybridized carbons (Fsp3) is 0.615. The normalized spacial score (nSPS) is 28.8. The lowest BCUT2D eigenvalue weighted by Crippen LogP contribution is -2.50. The molecule has 5 nitrogen and oxygen atoms in total. The quantitative estimate of drug-likeness (QED) is 0.896. The van der Waals surface area contributed by atoms with Crippen molar-refractivity contribution in [1.82, 2.24) is 10.2 Å². The predicted molar refractivity (Wildman–Crippen MR) is 83.8 cm³/mol. The molecule has 2 saturated heterocycles. The number of nitrogens with zero attached hydrogens (tertiary/aromatic N) is 1. The number of carbonyl (C=O) groups is 1. The number of sulfone groups is 1. The molecule has 2 unspecified atom stereocenters. The van der Waals surface area contributed by atoms with Crippen molar-refractivity contribution in [1.29, 1.82) is 0 Å². The van der Waals surface area contributed by atoms with Gasteiger partial charge in [-0.2, -0.15) is 0 Å². The fourth-order valence-electron chi connectivity index (χ4n) is 3.08. The molecule has 21 heavy (non-hydrogen) atoms. The van der Waals surface area contributed by atoms with Crippen LogP contribution in [0.15, 0.2) is 12.1 Å². The molecule has 2 aliphatic heterocycles. The summed E-state index contributed by atoms with van der Waals surface area (Å²) < 4.78 is 24.4. The minimum atomic E-state index is -3.08. The number of nitrogens with one attached hydrogen (secondary N) is 1. The Morgan fingerprint density at radius 3 is 2.62 bits per heavy atom. The van der Waals surface area contributed by atoms with Crippen LogP contribution in [0.4, 0.5) is 0 Å². The Morgan fingerprint density at radius 1 is 1.29 bits per heavy atom. The van der Waals surface area contributed by atoms with Gasteiger partial charge >= 0.3 is 0 Å². The molecule has 0 saturated carbocycles. The van der Waals surface area contributed by atoms with E-state index in [1.807, 2.05) is 0 Å². The van der Waals surface area contributed by atoms with E-state index in [0.29, 0.717) is 9.21 Å². The number of thiophene rings is 1. The molecule has 2 atom stereocenters. The van der Waals surface area contributed by atoms with E-state index in [2.05, 4.69) is 10.2 Å². The Bertz CT molecular complexity index is 638. The highest BCUT2D eigenvalue weighted by molar-refractivity contribution is 7.91. The molecule has 1 aromatic heterocycles. The number of carbonyl (C=O) groups excluding carboxylic acids is 1. The van der Waals surface area contributed by atoms with Gasteiger partial charge in [-0.1, -0.05) is 11.6 Å². The SMILES string of the molecule is O=C(NC1CS(=O)(=O)CC1N1CCCC1)c1ccc(Cl)s1. The zero-order valence-corrected chi connectivity index (χ0v) is 13.8. The Labute approximate surface area is 133 Å². The predicted octanol–water partition coefficient (Wildman–Crippen LogP) is 1.39. The number of hydrogen-bond acceptors (Lipinski definition) is 5. The van der Waals surface area contributed by atoms with Crippen LogP contribution in [0.3, 0.4) is 0 Å². The minimum absolute atomic E-state index is 0.0268. The van der Waals surface area contributed by atoms with Crippen LogP contribution in [0.1, 0.15) is 22.5 Å². The second-order valence-electron chi connectivity index (χ2n) is 5.57. The largest absolute Gasteiger partial charge is 0.346 e. The monoisotopic (exact) mass is 348 g/mol. The van der Waals surface area contributed by atoms with Gasteiger partial charge in [0.25, 0.3) is 5.91 Å². The van der Waals surface area contributed by atoms with E-state index in [9.17, 15) is 13.2 Å². The highest BCUT2D eigenvalue weighted by Crippen LogP contribution is 2.25. The van der Waals surface area contributed by atoms with Gasteiger partial charge in [-0.25, -0.2) is 8.42 Å². The molecule has 0 aliphatic carbocycles. The number of hydrogen-bond donors (Lipinski definition) is 1. The lowest BCUT2D eigenvalue weighted by atomic mass is 10.1. The van der Waals surface area contributed by atoms with Gasteiger partial charge < -0.3 is 5.32 Å². The molecular formula is C13H17ClN2O3S2. The van der Waals surface area contributed by atoms with Gasteiger partial charge in [-0.3, -0.25) is 9.69 Å². The molecule has 0 radical (unpaired) electrons. The summed E-state index contributed by atoms with van der Waals surface area (Å²) in [5.41, 5.74) is 0. The Kier molecular flexibility index (Phi) is 4.27. The van der Waals surface area contributed by atoms with E-state index in [-0.39, 0.29) is 29.5 Å². The van der Waals surface area contributed by atoms with E-state index in [1.165, 1.54) is 11.3 Å². The van der Waals surface area contributed by atoms with Crippen molar-refractivity contribution >= 4 is 38.7 Å². The van der Waals surface area contributed by atoms with E-state index >= 15 is 0 Å². The second-order valence-corrected chi connectivity index (χ2v) is 9.44. The third kappa shape index (κ3) is 3.41. The third-order valence-corrected chi connectivity index (χ3v) is 6.99. The first kappa shape index (κ1) is 15.3. The summed E-state index contributed by atoms with van der Waals surface area (Å²) in [6.45, 7) is 1.83. The Morgan fingerprint density at radius 2 is 2.00 bits per heavy atom. The van der Waals surface area contributed by atoms with Gasteiger partial charge in [0.1, 0.15) is 0 Å². The van der Waals surface area contributed by atoms with Crippen molar-refractivity contribution in [3.63, 3.8) is 0 Å². The molecule has 1 aromatic rings. The van der Waals surface area contributed by atoms with Crippen molar-refractivity contribution in [3.8, 4) is 0 Å². The maximum atomic E-state index is 12.2. The van der Waals surface area contributed by atoms with Crippen molar-refractivity contribution < 1.29 is 13.2 Å². The molecule has 0 spiro atoms. The minimum Gasteiger partial charge on any atom is -0.346 e. The standard InChI is InChI=1S/C13H17ClN2O3S2/c14-12-4-3-11(20-12)13(17)15-9-7-21(18,19)8-10(9)16-5-1-2-6-16/h3-4,9-10H,1-2,5-8H2,(H,15,17). The maximum absolute atomic E-state index is 12.2. The van der Waals surface area contributed by atoms with E-state index in [0.717, 1.165) is 25.9 Å². The summed E-state index contributed by atoms with van der Waals surface area (Å²) in [5.74, 6) is -0.0690. The summed E-state index contributed by atoms with van der Waals surface area (Å²) in [7, 11) is -3.08. The third-order valence-electron chi connectivity index (χ3n) is 4.05. The molecule has 0 bridgehead atoms. The van der Waals surface area contributed by atoms with Crippen molar-refractivity contribution in [2.75, 3.05) is 24.6 Å². The van der Waals surface area contributed by atoms with E-state index in [4.69, 9.17) is 11.6 Å². The molecule has 1 N–H and O–H groups in total. The van der Waals surface area contributed by atoms with Gasteiger partial charge in [0.15, 0.2) is 9.84 Å². The van der Waals surface area contributed by atoms with Gasteiger partial charge in [0.2, 0.25) is 0 Å². The fourth-order valence-corrected chi connectivity index (χ4v) is 5.97. The first-order valence-electron chi connectivity index (χ1n) is 6.95. The van der Waals surface area contributed by atoms with Gasteiger partial charge in [0, 0.05) is 6.04 Å². The van der Waals surface area contributed by atoms with Crippen LogP contribution in [-0.2, 0) is 9.84 Å². The highest BCUT2D eigenvalue weighted by Gasteiger charge is 2.42. The molecular weight excluding hydrogens is 332 g/mol. The van der Waals surface area contributed by atoms with Crippen LogP contribution in [0, 0.1) is 0 Å². The Balaban J connectivity index is 1.74. The number of halogens is 1. The van der Waals surface area contributed by atoms with Crippen LogP contribution in [-0.4, -0.2) is 55.9 Å². The van der Waals surface area contributed by atoms with E-state index in [1.54, 1.807) is 12.1 Å². The molecule has 3 heterocycles. The van der Waals surface area contributed by atoms with Crippen molar-refractivity contribution in [2.45, 2.75) is 24.9 Å².